The molecule has 0 aromatic heterocycles. The summed E-state index contributed by atoms with van der Waals surface area (Å²) in [6.45, 7) is 10.2. The van der Waals surface area contributed by atoms with Gasteiger partial charge in [-0.25, -0.2) is 0 Å². The molecule has 15 heavy (non-hydrogen) atoms. The van der Waals surface area contributed by atoms with Gasteiger partial charge in [-0.2, -0.15) is 0 Å². The van der Waals surface area contributed by atoms with E-state index in [0.717, 1.165) is 25.9 Å². The Morgan fingerprint density at radius 2 is 2.00 bits per heavy atom. The first-order chi connectivity index (χ1) is 7.10. The summed E-state index contributed by atoms with van der Waals surface area (Å²) >= 11 is 0. The predicted octanol–water partition coefficient (Wildman–Crippen LogP) is 1.63. The Morgan fingerprint density at radius 3 is 2.53 bits per heavy atom. The summed E-state index contributed by atoms with van der Waals surface area (Å²) in [5.74, 6) is 0.568. The lowest BCUT2D eigenvalue weighted by molar-refractivity contribution is -0.139. The van der Waals surface area contributed by atoms with Crippen molar-refractivity contribution in [2.45, 2.75) is 52.6 Å². The van der Waals surface area contributed by atoms with Gasteiger partial charge in [-0.15, -0.1) is 0 Å². The minimum absolute atomic E-state index is 0.220. The molecule has 2 atom stereocenters. The van der Waals surface area contributed by atoms with Gasteiger partial charge in [-0.3, -0.25) is 4.79 Å². The van der Waals surface area contributed by atoms with Crippen LogP contribution >= 0.6 is 0 Å². The van der Waals surface area contributed by atoms with Gasteiger partial charge in [0.1, 0.15) is 0 Å². The smallest absolute Gasteiger partial charge is 0.225 e. The third kappa shape index (κ3) is 2.94. The van der Waals surface area contributed by atoms with Crippen molar-refractivity contribution in [1.82, 2.24) is 10.2 Å². The highest BCUT2D eigenvalue weighted by Crippen LogP contribution is 2.16. The quantitative estimate of drug-likeness (QED) is 0.771. The number of carbonyl (C=O) groups is 1. The fourth-order valence-electron chi connectivity index (χ4n) is 2.20. The molecule has 1 saturated heterocycles. The van der Waals surface area contributed by atoms with E-state index in [1.165, 1.54) is 0 Å². The van der Waals surface area contributed by atoms with Crippen LogP contribution in [0, 0.1) is 5.92 Å². The molecule has 3 nitrogen and oxygen atoms in total. The summed E-state index contributed by atoms with van der Waals surface area (Å²) in [6.07, 6.45) is 1.92. The SMILES string of the molecule is CCC(CC)C(=O)N1CC(C)NCC1C. The maximum absolute atomic E-state index is 12.2. The average molecular weight is 212 g/mol. The molecule has 0 radical (unpaired) electrons. The van der Waals surface area contributed by atoms with E-state index >= 15 is 0 Å². The van der Waals surface area contributed by atoms with Crippen LogP contribution in [-0.2, 0) is 4.79 Å². The van der Waals surface area contributed by atoms with Gasteiger partial charge in [0.05, 0.1) is 0 Å². The van der Waals surface area contributed by atoms with Crippen molar-refractivity contribution < 1.29 is 4.79 Å². The van der Waals surface area contributed by atoms with E-state index in [9.17, 15) is 4.79 Å². The molecule has 1 aliphatic heterocycles. The summed E-state index contributed by atoms with van der Waals surface area (Å²) in [4.78, 5) is 14.3. The highest BCUT2D eigenvalue weighted by atomic mass is 16.2. The molecule has 0 aromatic rings. The summed E-state index contributed by atoms with van der Waals surface area (Å²) in [6, 6.07) is 0.772. The number of rotatable bonds is 3. The predicted molar refractivity (Wildman–Crippen MR) is 62.7 cm³/mol. The van der Waals surface area contributed by atoms with Crippen LogP contribution in [0.5, 0.6) is 0 Å². The van der Waals surface area contributed by atoms with Gasteiger partial charge in [-0.05, 0) is 26.7 Å². The van der Waals surface area contributed by atoms with Gasteiger partial charge in [0.2, 0.25) is 5.91 Å². The van der Waals surface area contributed by atoms with Crippen molar-refractivity contribution in [2.24, 2.45) is 5.92 Å². The van der Waals surface area contributed by atoms with Crippen molar-refractivity contribution in [3.05, 3.63) is 0 Å². The molecule has 88 valence electrons. The number of nitrogens with one attached hydrogen (secondary N) is 1. The van der Waals surface area contributed by atoms with Crippen LogP contribution in [0.1, 0.15) is 40.5 Å². The average Bonchev–Trinajstić information content (AvgIpc) is 2.23. The van der Waals surface area contributed by atoms with Gasteiger partial charge < -0.3 is 10.2 Å². The summed E-state index contributed by atoms with van der Waals surface area (Å²) in [5.41, 5.74) is 0. The summed E-state index contributed by atoms with van der Waals surface area (Å²) < 4.78 is 0. The largest absolute Gasteiger partial charge is 0.337 e. The van der Waals surface area contributed by atoms with Crippen LogP contribution in [0.15, 0.2) is 0 Å². The lowest BCUT2D eigenvalue weighted by Gasteiger charge is -2.39. The fraction of sp³-hybridized carbons (Fsp3) is 0.917. The molecule has 0 aliphatic carbocycles. The standard InChI is InChI=1S/C12H24N2O/c1-5-11(6-2)12(15)14-8-9(3)13-7-10(14)4/h9-11,13H,5-8H2,1-4H3. The first-order valence-electron chi connectivity index (χ1n) is 6.13. The van der Waals surface area contributed by atoms with Crippen molar-refractivity contribution in [1.29, 1.82) is 0 Å². The van der Waals surface area contributed by atoms with Gasteiger partial charge in [-0.1, -0.05) is 13.8 Å². The van der Waals surface area contributed by atoms with Crippen molar-refractivity contribution in [2.75, 3.05) is 13.1 Å². The first-order valence-corrected chi connectivity index (χ1v) is 6.13. The van der Waals surface area contributed by atoms with Crippen LogP contribution in [0.4, 0.5) is 0 Å². The number of hydrogen-bond acceptors (Lipinski definition) is 2. The molecule has 1 heterocycles. The van der Waals surface area contributed by atoms with Crippen LogP contribution in [0.25, 0.3) is 0 Å². The summed E-state index contributed by atoms with van der Waals surface area (Å²) in [5, 5.41) is 3.40. The van der Waals surface area contributed by atoms with Crippen molar-refractivity contribution in [3.63, 3.8) is 0 Å². The van der Waals surface area contributed by atoms with E-state index in [-0.39, 0.29) is 5.92 Å². The molecule has 3 heteroatoms. The van der Waals surface area contributed by atoms with Crippen LogP contribution in [0.3, 0.4) is 0 Å². The lowest BCUT2D eigenvalue weighted by atomic mass is 9.99. The van der Waals surface area contributed by atoms with E-state index in [1.807, 2.05) is 0 Å². The van der Waals surface area contributed by atoms with Gasteiger partial charge in [0.15, 0.2) is 0 Å². The highest BCUT2D eigenvalue weighted by molar-refractivity contribution is 5.79. The molecule has 2 unspecified atom stereocenters. The Bertz CT molecular complexity index is 214. The minimum atomic E-state index is 0.220. The number of amides is 1. The highest BCUT2D eigenvalue weighted by Gasteiger charge is 2.29. The Kier molecular flexibility index (Phi) is 4.58. The molecule has 0 bridgehead atoms. The molecule has 1 N–H and O–H groups in total. The normalized spacial score (nSPS) is 27.1. The van der Waals surface area contributed by atoms with Crippen LogP contribution in [-0.4, -0.2) is 36.0 Å². The molecule has 0 aromatic carbocycles. The minimum Gasteiger partial charge on any atom is -0.337 e. The Morgan fingerprint density at radius 1 is 1.40 bits per heavy atom. The molecule has 0 spiro atoms. The van der Waals surface area contributed by atoms with Crippen molar-refractivity contribution >= 4 is 5.91 Å². The molecule has 1 aliphatic rings. The zero-order valence-corrected chi connectivity index (χ0v) is 10.4. The Balaban J connectivity index is 2.63. The lowest BCUT2D eigenvalue weighted by Crippen LogP contribution is -2.57. The first kappa shape index (κ1) is 12.5. The van der Waals surface area contributed by atoms with Gasteiger partial charge in [0.25, 0.3) is 0 Å². The van der Waals surface area contributed by atoms with E-state index < -0.39 is 0 Å². The zero-order chi connectivity index (χ0) is 11.4. The van der Waals surface area contributed by atoms with Crippen LogP contribution < -0.4 is 5.32 Å². The molecule has 0 saturated carbocycles. The van der Waals surface area contributed by atoms with E-state index in [2.05, 4.69) is 37.9 Å². The Hall–Kier alpha value is -0.570. The maximum atomic E-state index is 12.2. The van der Waals surface area contributed by atoms with Crippen molar-refractivity contribution in [3.8, 4) is 0 Å². The second kappa shape index (κ2) is 5.50. The third-order valence-corrected chi connectivity index (χ3v) is 3.38. The molecule has 1 rings (SSSR count). The zero-order valence-electron chi connectivity index (χ0n) is 10.4. The number of carbonyl (C=O) groups excluding carboxylic acids is 1. The number of nitrogens with zero attached hydrogens (tertiary/aromatic N) is 1. The molecular weight excluding hydrogens is 188 g/mol. The number of piperazine rings is 1. The van der Waals surface area contributed by atoms with Gasteiger partial charge >= 0.3 is 0 Å². The molecule has 1 amide bonds. The third-order valence-electron chi connectivity index (χ3n) is 3.38. The molecule has 1 fully saturated rings. The second-order valence-electron chi connectivity index (χ2n) is 4.66. The van der Waals surface area contributed by atoms with E-state index in [0.29, 0.717) is 18.0 Å². The van der Waals surface area contributed by atoms with E-state index in [1.54, 1.807) is 0 Å². The Labute approximate surface area is 93.2 Å². The number of hydrogen-bond donors (Lipinski definition) is 1. The molecular formula is C12H24N2O. The monoisotopic (exact) mass is 212 g/mol. The second-order valence-corrected chi connectivity index (χ2v) is 4.66. The van der Waals surface area contributed by atoms with Crippen LogP contribution in [0.2, 0.25) is 0 Å². The maximum Gasteiger partial charge on any atom is 0.225 e. The summed E-state index contributed by atoms with van der Waals surface area (Å²) in [7, 11) is 0. The fourth-order valence-corrected chi connectivity index (χ4v) is 2.20. The van der Waals surface area contributed by atoms with Gasteiger partial charge in [0, 0.05) is 31.1 Å². The van der Waals surface area contributed by atoms with E-state index in [4.69, 9.17) is 0 Å². The topological polar surface area (TPSA) is 32.3 Å².